The largest absolute Gasteiger partial charge is 0.380 e. The lowest BCUT2D eigenvalue weighted by Gasteiger charge is -2.36. The van der Waals surface area contributed by atoms with Crippen molar-refractivity contribution in [2.24, 2.45) is 5.92 Å². The molecule has 1 fully saturated rings. The third kappa shape index (κ3) is 2.64. The summed E-state index contributed by atoms with van der Waals surface area (Å²) in [4.78, 5) is 0.393. The van der Waals surface area contributed by atoms with Crippen LogP contribution in [0.2, 0.25) is 0 Å². The van der Waals surface area contributed by atoms with Crippen LogP contribution in [0.3, 0.4) is 0 Å². The maximum absolute atomic E-state index is 11.8. The van der Waals surface area contributed by atoms with Crippen LogP contribution in [0.1, 0.15) is 32.1 Å². The Hall–Kier alpha value is -1.23. The number of hydrogen-bond acceptors (Lipinski definition) is 4. The highest BCUT2D eigenvalue weighted by molar-refractivity contribution is 7.90. The minimum absolute atomic E-state index is 0.393. The van der Waals surface area contributed by atoms with E-state index in [1.165, 1.54) is 38.4 Å². The molecule has 0 aromatic heterocycles. The molecule has 4 nitrogen and oxygen atoms in total. The molecule has 0 bridgehead atoms. The lowest BCUT2D eigenvalue weighted by atomic mass is 9.83. The molecule has 1 aliphatic heterocycles. The molecule has 1 aromatic rings. The van der Waals surface area contributed by atoms with Gasteiger partial charge in [-0.3, -0.25) is 0 Å². The van der Waals surface area contributed by atoms with E-state index in [-0.39, 0.29) is 0 Å². The summed E-state index contributed by atoms with van der Waals surface area (Å²) >= 11 is 0. The van der Waals surface area contributed by atoms with Gasteiger partial charge in [-0.2, -0.15) is 0 Å². The van der Waals surface area contributed by atoms with Gasteiger partial charge < -0.3 is 10.6 Å². The highest BCUT2D eigenvalue weighted by Gasteiger charge is 2.29. The SMILES string of the molecule is CS(=O)(=O)c1cccc2c1NCC(C1CCCCC1)N2. The van der Waals surface area contributed by atoms with Gasteiger partial charge in [0.25, 0.3) is 0 Å². The van der Waals surface area contributed by atoms with E-state index in [1.807, 2.05) is 12.1 Å². The Morgan fingerprint density at radius 2 is 1.90 bits per heavy atom. The standard InChI is InChI=1S/C15H22N2O2S/c1-20(18,19)14-9-5-8-12-15(14)16-10-13(17-12)11-6-3-2-4-7-11/h5,8-9,11,13,16-17H,2-4,6-7,10H2,1H3. The van der Waals surface area contributed by atoms with E-state index in [0.29, 0.717) is 16.9 Å². The smallest absolute Gasteiger partial charge is 0.177 e. The van der Waals surface area contributed by atoms with Crippen LogP contribution >= 0.6 is 0 Å². The molecule has 1 saturated carbocycles. The number of rotatable bonds is 2. The molecule has 0 radical (unpaired) electrons. The number of benzene rings is 1. The molecule has 2 N–H and O–H groups in total. The molecule has 0 saturated heterocycles. The average molecular weight is 294 g/mol. The maximum Gasteiger partial charge on any atom is 0.177 e. The predicted molar refractivity (Wildman–Crippen MR) is 82.0 cm³/mol. The third-order valence-corrected chi connectivity index (χ3v) is 5.62. The maximum atomic E-state index is 11.8. The fourth-order valence-corrected chi connectivity index (χ4v) is 4.31. The van der Waals surface area contributed by atoms with Gasteiger partial charge in [-0.15, -0.1) is 0 Å². The molecule has 110 valence electrons. The number of sulfone groups is 1. The molecule has 1 aliphatic carbocycles. The number of para-hydroxylation sites is 1. The van der Waals surface area contributed by atoms with Crippen LogP contribution < -0.4 is 10.6 Å². The van der Waals surface area contributed by atoms with Crippen molar-refractivity contribution in [3.05, 3.63) is 18.2 Å². The second-order valence-corrected chi connectivity index (χ2v) is 7.96. The lowest BCUT2D eigenvalue weighted by Crippen LogP contribution is -2.40. The molecule has 0 spiro atoms. The van der Waals surface area contributed by atoms with Crippen LogP contribution in [0, 0.1) is 5.92 Å². The van der Waals surface area contributed by atoms with Crippen molar-refractivity contribution in [3.8, 4) is 0 Å². The molecule has 1 heterocycles. The minimum atomic E-state index is -3.19. The fraction of sp³-hybridized carbons (Fsp3) is 0.600. The Morgan fingerprint density at radius 1 is 1.15 bits per heavy atom. The van der Waals surface area contributed by atoms with Gasteiger partial charge in [-0.25, -0.2) is 8.42 Å². The zero-order valence-electron chi connectivity index (χ0n) is 11.9. The summed E-state index contributed by atoms with van der Waals surface area (Å²) in [5.74, 6) is 0.700. The zero-order valence-corrected chi connectivity index (χ0v) is 12.7. The fourth-order valence-electron chi connectivity index (χ4n) is 3.43. The molecule has 1 atom stereocenters. The Balaban J connectivity index is 1.85. The Bertz CT molecular complexity index is 592. The van der Waals surface area contributed by atoms with Crippen LogP contribution in [0.4, 0.5) is 11.4 Å². The molecule has 3 rings (SSSR count). The molecule has 20 heavy (non-hydrogen) atoms. The highest BCUT2D eigenvalue weighted by atomic mass is 32.2. The van der Waals surface area contributed by atoms with Crippen molar-refractivity contribution < 1.29 is 8.42 Å². The van der Waals surface area contributed by atoms with Gasteiger partial charge in [-0.1, -0.05) is 25.3 Å². The molecule has 2 aliphatic rings. The summed E-state index contributed by atoms with van der Waals surface area (Å²) < 4.78 is 23.6. The molecule has 5 heteroatoms. The Kier molecular flexibility index (Phi) is 3.63. The van der Waals surface area contributed by atoms with Crippen LogP contribution in [-0.4, -0.2) is 27.3 Å². The predicted octanol–water partition coefficient (Wildman–Crippen LogP) is 2.88. The van der Waals surface area contributed by atoms with E-state index in [2.05, 4.69) is 10.6 Å². The van der Waals surface area contributed by atoms with Crippen LogP contribution in [0.5, 0.6) is 0 Å². The topological polar surface area (TPSA) is 58.2 Å². The summed E-state index contributed by atoms with van der Waals surface area (Å²) in [5, 5.41) is 6.90. The average Bonchev–Trinajstić information content (AvgIpc) is 2.46. The third-order valence-electron chi connectivity index (χ3n) is 4.48. The number of nitrogens with one attached hydrogen (secondary N) is 2. The normalized spacial score (nSPS) is 23.6. The summed E-state index contributed by atoms with van der Waals surface area (Å²) in [6.45, 7) is 0.810. The molecule has 0 amide bonds. The van der Waals surface area contributed by atoms with E-state index in [9.17, 15) is 8.42 Å². The first kappa shape index (κ1) is 13.7. The number of hydrogen-bond donors (Lipinski definition) is 2. The van der Waals surface area contributed by atoms with Crippen molar-refractivity contribution in [3.63, 3.8) is 0 Å². The number of fused-ring (bicyclic) bond motifs is 1. The van der Waals surface area contributed by atoms with Gasteiger partial charge in [0.2, 0.25) is 0 Å². The van der Waals surface area contributed by atoms with Gasteiger partial charge >= 0.3 is 0 Å². The van der Waals surface area contributed by atoms with E-state index in [1.54, 1.807) is 6.07 Å². The van der Waals surface area contributed by atoms with Crippen LogP contribution in [-0.2, 0) is 9.84 Å². The number of anilines is 2. The second kappa shape index (κ2) is 5.28. The van der Waals surface area contributed by atoms with Crippen LogP contribution in [0.25, 0.3) is 0 Å². The summed E-state index contributed by atoms with van der Waals surface area (Å²) in [6, 6.07) is 5.86. The first-order valence-corrected chi connectivity index (χ1v) is 9.28. The molecular weight excluding hydrogens is 272 g/mol. The van der Waals surface area contributed by atoms with E-state index < -0.39 is 9.84 Å². The summed E-state index contributed by atoms with van der Waals surface area (Å²) in [5.41, 5.74) is 1.66. The van der Waals surface area contributed by atoms with Crippen LogP contribution in [0.15, 0.2) is 23.1 Å². The van der Waals surface area contributed by atoms with Gasteiger partial charge in [0.15, 0.2) is 9.84 Å². The highest BCUT2D eigenvalue weighted by Crippen LogP contribution is 2.36. The Morgan fingerprint density at radius 3 is 2.60 bits per heavy atom. The van der Waals surface area contributed by atoms with Crippen molar-refractivity contribution in [1.29, 1.82) is 0 Å². The van der Waals surface area contributed by atoms with Gasteiger partial charge in [-0.05, 0) is 30.9 Å². The second-order valence-electron chi connectivity index (χ2n) is 5.98. The van der Waals surface area contributed by atoms with Crippen molar-refractivity contribution in [1.82, 2.24) is 0 Å². The summed E-state index contributed by atoms with van der Waals surface area (Å²) in [7, 11) is -3.19. The van der Waals surface area contributed by atoms with E-state index in [0.717, 1.165) is 17.9 Å². The van der Waals surface area contributed by atoms with Gasteiger partial charge in [0.1, 0.15) is 0 Å². The van der Waals surface area contributed by atoms with E-state index >= 15 is 0 Å². The molecular formula is C15H22N2O2S. The van der Waals surface area contributed by atoms with Crippen molar-refractivity contribution in [2.45, 2.75) is 43.0 Å². The van der Waals surface area contributed by atoms with Crippen molar-refractivity contribution >= 4 is 21.2 Å². The first-order chi connectivity index (χ1) is 9.55. The monoisotopic (exact) mass is 294 g/mol. The lowest BCUT2D eigenvalue weighted by molar-refractivity contribution is 0.322. The molecule has 1 unspecified atom stereocenters. The molecule has 1 aromatic carbocycles. The zero-order chi connectivity index (χ0) is 14.2. The first-order valence-electron chi connectivity index (χ1n) is 7.39. The summed E-state index contributed by atoms with van der Waals surface area (Å²) in [6.07, 6.45) is 7.81. The Labute approximate surface area is 120 Å². The van der Waals surface area contributed by atoms with Gasteiger partial charge in [0.05, 0.1) is 16.3 Å². The van der Waals surface area contributed by atoms with E-state index in [4.69, 9.17) is 0 Å². The van der Waals surface area contributed by atoms with Gasteiger partial charge in [0, 0.05) is 18.8 Å². The van der Waals surface area contributed by atoms with Crippen molar-refractivity contribution in [2.75, 3.05) is 23.4 Å². The minimum Gasteiger partial charge on any atom is -0.380 e. The quantitative estimate of drug-likeness (QED) is 0.880.